The number of phenolic OH excluding ortho intramolecular Hbond substituents is 1. The summed E-state index contributed by atoms with van der Waals surface area (Å²) in [7, 11) is 0. The third-order valence-electron chi connectivity index (χ3n) is 5.04. The Kier molecular flexibility index (Phi) is 4.81. The number of piperidine rings is 1. The van der Waals surface area contributed by atoms with Gasteiger partial charge >= 0.3 is 0 Å². The number of aromatic hydroxyl groups is 1. The zero-order valence-electron chi connectivity index (χ0n) is 13.1. The molecular weight excluding hydrogens is 260 g/mol. The summed E-state index contributed by atoms with van der Waals surface area (Å²) < 4.78 is 0. The minimum absolute atomic E-state index is 0.357. The minimum atomic E-state index is 0.357. The Bertz CT molecular complexity index is 450. The van der Waals surface area contributed by atoms with Gasteiger partial charge in [0.1, 0.15) is 5.75 Å². The molecule has 3 heteroatoms. The number of para-hydroxylation sites is 1. The molecule has 0 radical (unpaired) electrons. The molecule has 1 heterocycles. The lowest BCUT2D eigenvalue weighted by Gasteiger charge is -2.38. The first-order chi connectivity index (χ1) is 10.3. The molecule has 1 atom stereocenters. The Balaban J connectivity index is 1.55. The molecule has 1 aromatic carbocycles. The van der Waals surface area contributed by atoms with E-state index in [9.17, 15) is 5.11 Å². The molecule has 0 amide bonds. The number of likely N-dealkylation sites (tertiary alicyclic amines) is 1. The van der Waals surface area contributed by atoms with Crippen molar-refractivity contribution in [1.82, 2.24) is 10.2 Å². The summed E-state index contributed by atoms with van der Waals surface area (Å²) >= 11 is 0. The second kappa shape index (κ2) is 6.80. The van der Waals surface area contributed by atoms with Gasteiger partial charge in [0, 0.05) is 30.7 Å². The smallest absolute Gasteiger partial charge is 0.120 e. The molecule has 3 rings (SSSR count). The summed E-state index contributed by atoms with van der Waals surface area (Å²) in [6.07, 6.45) is 6.37. The Morgan fingerprint density at radius 3 is 2.52 bits per heavy atom. The maximum atomic E-state index is 10.1. The van der Waals surface area contributed by atoms with Gasteiger partial charge in [-0.3, -0.25) is 4.90 Å². The average molecular weight is 288 g/mol. The molecule has 1 saturated heterocycles. The standard InChI is InChI=1S/C18H28N2O/c1-2-17(16-5-3-4-6-18(16)21)20-11-9-15(10-12-20)19-13-14-7-8-14/h3-6,14-15,17,19,21H,2,7-13H2,1H3. The van der Waals surface area contributed by atoms with Gasteiger partial charge in [0.25, 0.3) is 0 Å². The van der Waals surface area contributed by atoms with Crippen LogP contribution in [-0.2, 0) is 0 Å². The van der Waals surface area contributed by atoms with Crippen molar-refractivity contribution in [2.75, 3.05) is 19.6 Å². The summed E-state index contributed by atoms with van der Waals surface area (Å²) in [5, 5.41) is 13.8. The fourth-order valence-electron chi connectivity index (χ4n) is 3.51. The topological polar surface area (TPSA) is 35.5 Å². The molecule has 1 unspecified atom stereocenters. The third-order valence-corrected chi connectivity index (χ3v) is 5.04. The van der Waals surface area contributed by atoms with Crippen LogP contribution in [0.1, 0.15) is 50.6 Å². The van der Waals surface area contributed by atoms with Gasteiger partial charge < -0.3 is 10.4 Å². The van der Waals surface area contributed by atoms with Crippen LogP contribution < -0.4 is 5.32 Å². The number of nitrogens with zero attached hydrogens (tertiary/aromatic N) is 1. The predicted octanol–water partition coefficient (Wildman–Crippen LogP) is 3.31. The van der Waals surface area contributed by atoms with Crippen LogP contribution in [0, 0.1) is 5.92 Å². The highest BCUT2D eigenvalue weighted by molar-refractivity contribution is 5.34. The van der Waals surface area contributed by atoms with Crippen molar-refractivity contribution in [1.29, 1.82) is 0 Å². The van der Waals surface area contributed by atoms with E-state index in [1.165, 1.54) is 32.2 Å². The number of hydrogen-bond donors (Lipinski definition) is 2. The van der Waals surface area contributed by atoms with Gasteiger partial charge in [-0.2, -0.15) is 0 Å². The van der Waals surface area contributed by atoms with Crippen LogP contribution in [0.5, 0.6) is 5.75 Å². The largest absolute Gasteiger partial charge is 0.508 e. The highest BCUT2D eigenvalue weighted by Crippen LogP contribution is 2.33. The molecular formula is C18H28N2O. The van der Waals surface area contributed by atoms with Gasteiger partial charge in [-0.05, 0) is 50.6 Å². The van der Waals surface area contributed by atoms with Crippen LogP contribution in [0.15, 0.2) is 24.3 Å². The molecule has 116 valence electrons. The van der Waals surface area contributed by atoms with Crippen molar-refractivity contribution in [3.8, 4) is 5.75 Å². The van der Waals surface area contributed by atoms with Crippen molar-refractivity contribution in [3.05, 3.63) is 29.8 Å². The van der Waals surface area contributed by atoms with Crippen LogP contribution in [0.4, 0.5) is 0 Å². The van der Waals surface area contributed by atoms with Crippen molar-refractivity contribution >= 4 is 0 Å². The Morgan fingerprint density at radius 2 is 1.90 bits per heavy atom. The van der Waals surface area contributed by atoms with Gasteiger partial charge in [0.15, 0.2) is 0 Å². The second-order valence-electron chi connectivity index (χ2n) is 6.64. The number of rotatable bonds is 6. The van der Waals surface area contributed by atoms with Crippen LogP contribution in [0.25, 0.3) is 0 Å². The second-order valence-corrected chi connectivity index (χ2v) is 6.64. The van der Waals surface area contributed by atoms with E-state index in [2.05, 4.69) is 23.2 Å². The summed E-state index contributed by atoms with van der Waals surface area (Å²) in [4.78, 5) is 2.55. The summed E-state index contributed by atoms with van der Waals surface area (Å²) in [5.41, 5.74) is 1.09. The first-order valence-corrected chi connectivity index (χ1v) is 8.53. The molecule has 0 bridgehead atoms. The van der Waals surface area contributed by atoms with E-state index in [4.69, 9.17) is 0 Å². The Hall–Kier alpha value is -1.06. The first kappa shape index (κ1) is 14.9. The molecule has 1 aromatic rings. The lowest BCUT2D eigenvalue weighted by molar-refractivity contribution is 0.137. The number of hydrogen-bond acceptors (Lipinski definition) is 3. The molecule has 0 aromatic heterocycles. The molecule has 3 nitrogen and oxygen atoms in total. The first-order valence-electron chi connectivity index (χ1n) is 8.53. The Labute approximate surface area is 128 Å². The number of benzene rings is 1. The van der Waals surface area contributed by atoms with E-state index in [1.807, 2.05) is 18.2 Å². The van der Waals surface area contributed by atoms with Crippen LogP contribution in [0.3, 0.4) is 0 Å². The van der Waals surface area contributed by atoms with Gasteiger partial charge in [-0.1, -0.05) is 25.1 Å². The van der Waals surface area contributed by atoms with Gasteiger partial charge in [0.05, 0.1) is 0 Å². The zero-order valence-corrected chi connectivity index (χ0v) is 13.1. The average Bonchev–Trinajstić information content (AvgIpc) is 3.33. The van der Waals surface area contributed by atoms with E-state index in [0.717, 1.165) is 31.0 Å². The van der Waals surface area contributed by atoms with Crippen molar-refractivity contribution < 1.29 is 5.11 Å². The Morgan fingerprint density at radius 1 is 1.19 bits per heavy atom. The van der Waals surface area contributed by atoms with Crippen molar-refractivity contribution in [2.24, 2.45) is 5.92 Å². The van der Waals surface area contributed by atoms with E-state index in [1.54, 1.807) is 0 Å². The fourth-order valence-corrected chi connectivity index (χ4v) is 3.51. The number of phenols is 1. The van der Waals surface area contributed by atoms with Gasteiger partial charge in [-0.15, -0.1) is 0 Å². The quantitative estimate of drug-likeness (QED) is 0.843. The summed E-state index contributed by atoms with van der Waals surface area (Å²) in [6.45, 7) is 5.71. The van der Waals surface area contributed by atoms with Crippen LogP contribution in [-0.4, -0.2) is 35.7 Å². The lowest BCUT2D eigenvalue weighted by atomic mass is 9.97. The van der Waals surface area contributed by atoms with E-state index >= 15 is 0 Å². The van der Waals surface area contributed by atoms with Crippen molar-refractivity contribution in [3.63, 3.8) is 0 Å². The third kappa shape index (κ3) is 3.78. The molecule has 1 aliphatic heterocycles. The van der Waals surface area contributed by atoms with E-state index in [-0.39, 0.29) is 0 Å². The normalized spacial score (nSPS) is 22.3. The molecule has 2 fully saturated rings. The molecule has 2 N–H and O–H groups in total. The summed E-state index contributed by atoms with van der Waals surface area (Å²) in [5.74, 6) is 1.41. The summed E-state index contributed by atoms with van der Waals surface area (Å²) in [6, 6.07) is 8.86. The SMILES string of the molecule is CCC(c1ccccc1O)N1CCC(NCC2CC2)CC1. The van der Waals surface area contributed by atoms with Crippen molar-refractivity contribution in [2.45, 2.75) is 51.1 Å². The number of nitrogens with one attached hydrogen (secondary N) is 1. The van der Waals surface area contributed by atoms with Crippen LogP contribution in [0.2, 0.25) is 0 Å². The van der Waals surface area contributed by atoms with Gasteiger partial charge in [-0.25, -0.2) is 0 Å². The maximum absolute atomic E-state index is 10.1. The van der Waals surface area contributed by atoms with Crippen LogP contribution >= 0.6 is 0 Å². The van der Waals surface area contributed by atoms with E-state index in [0.29, 0.717) is 17.8 Å². The monoisotopic (exact) mass is 288 g/mol. The maximum Gasteiger partial charge on any atom is 0.120 e. The molecule has 1 aliphatic carbocycles. The fraction of sp³-hybridized carbons (Fsp3) is 0.667. The highest BCUT2D eigenvalue weighted by atomic mass is 16.3. The zero-order chi connectivity index (χ0) is 14.7. The molecule has 0 spiro atoms. The predicted molar refractivity (Wildman–Crippen MR) is 86.5 cm³/mol. The molecule has 2 aliphatic rings. The van der Waals surface area contributed by atoms with E-state index < -0.39 is 0 Å². The minimum Gasteiger partial charge on any atom is -0.508 e. The highest BCUT2D eigenvalue weighted by Gasteiger charge is 2.28. The van der Waals surface area contributed by atoms with Gasteiger partial charge in [0.2, 0.25) is 0 Å². The molecule has 1 saturated carbocycles. The lowest BCUT2D eigenvalue weighted by Crippen LogP contribution is -2.44. The molecule has 21 heavy (non-hydrogen) atoms.